The zero-order chi connectivity index (χ0) is 14.2. The van der Waals surface area contributed by atoms with E-state index in [1.54, 1.807) is 0 Å². The van der Waals surface area contributed by atoms with Gasteiger partial charge in [0.15, 0.2) is 0 Å². The fraction of sp³-hybridized carbons (Fsp3) is 0.278. The molecule has 0 bridgehead atoms. The lowest BCUT2D eigenvalue weighted by Crippen LogP contribution is -2.19. The molecule has 3 heteroatoms. The van der Waals surface area contributed by atoms with E-state index in [-0.39, 0.29) is 0 Å². The molecule has 0 radical (unpaired) electrons. The summed E-state index contributed by atoms with van der Waals surface area (Å²) < 4.78 is 0. The smallest absolute Gasteiger partial charge is 0.201 e. The largest absolute Gasteiger partial charge is 0.349 e. The Balaban J connectivity index is 1.67. The van der Waals surface area contributed by atoms with Crippen LogP contribution in [0.25, 0.3) is 11.0 Å². The number of aromatic amines is 1. The van der Waals surface area contributed by atoms with E-state index in [1.165, 1.54) is 17.5 Å². The van der Waals surface area contributed by atoms with Crippen LogP contribution in [0.4, 0.5) is 5.95 Å². The van der Waals surface area contributed by atoms with Gasteiger partial charge >= 0.3 is 0 Å². The van der Waals surface area contributed by atoms with E-state index in [0.29, 0.717) is 12.0 Å². The van der Waals surface area contributed by atoms with Gasteiger partial charge in [-0.05, 0) is 42.0 Å². The lowest BCUT2D eigenvalue weighted by Gasteiger charge is -2.30. The highest BCUT2D eigenvalue weighted by molar-refractivity contribution is 5.77. The van der Waals surface area contributed by atoms with Gasteiger partial charge < -0.3 is 10.3 Å². The molecule has 2 aromatic carbocycles. The minimum Gasteiger partial charge on any atom is -0.349 e. The summed E-state index contributed by atoms with van der Waals surface area (Å²) in [4.78, 5) is 7.99. The van der Waals surface area contributed by atoms with Crippen LogP contribution in [0, 0.1) is 0 Å². The van der Waals surface area contributed by atoms with Crippen molar-refractivity contribution in [3.05, 3.63) is 59.7 Å². The molecule has 106 valence electrons. The Bertz CT molecular complexity index is 742. The fourth-order valence-electron chi connectivity index (χ4n) is 3.34. The highest BCUT2D eigenvalue weighted by atomic mass is 15.1. The van der Waals surface area contributed by atoms with Crippen molar-refractivity contribution in [2.24, 2.45) is 0 Å². The van der Waals surface area contributed by atoms with Crippen LogP contribution in [0.1, 0.15) is 42.9 Å². The van der Waals surface area contributed by atoms with Gasteiger partial charge in [0.2, 0.25) is 5.95 Å². The minimum absolute atomic E-state index is 0.345. The Kier molecular flexibility index (Phi) is 2.92. The Morgan fingerprint density at radius 2 is 1.76 bits per heavy atom. The van der Waals surface area contributed by atoms with Crippen LogP contribution < -0.4 is 5.32 Å². The first-order valence-electron chi connectivity index (χ1n) is 7.61. The first-order chi connectivity index (χ1) is 10.3. The number of anilines is 1. The molecule has 1 aliphatic carbocycles. The number of nitrogens with one attached hydrogen (secondary N) is 2. The molecule has 21 heavy (non-hydrogen) atoms. The predicted molar refractivity (Wildman–Crippen MR) is 86.5 cm³/mol. The number of hydrogen-bond acceptors (Lipinski definition) is 2. The number of aromatic nitrogens is 2. The van der Waals surface area contributed by atoms with Crippen molar-refractivity contribution in [2.75, 3.05) is 5.32 Å². The number of benzene rings is 2. The third-order valence-corrected chi connectivity index (χ3v) is 4.49. The number of hydrogen-bond donors (Lipinski definition) is 2. The second-order valence-electron chi connectivity index (χ2n) is 5.91. The molecule has 0 aliphatic heterocycles. The normalized spacial score (nSPS) is 21.2. The Labute approximate surface area is 124 Å². The van der Waals surface area contributed by atoms with Gasteiger partial charge in [0.05, 0.1) is 17.1 Å². The first kappa shape index (κ1) is 12.5. The Morgan fingerprint density at radius 1 is 1.00 bits per heavy atom. The second kappa shape index (κ2) is 4.92. The molecule has 0 saturated carbocycles. The van der Waals surface area contributed by atoms with Gasteiger partial charge in [-0.25, -0.2) is 4.98 Å². The molecule has 0 amide bonds. The third-order valence-electron chi connectivity index (χ3n) is 4.49. The van der Waals surface area contributed by atoms with Crippen LogP contribution in [0.15, 0.2) is 48.5 Å². The van der Waals surface area contributed by atoms with Gasteiger partial charge in [-0.3, -0.25) is 0 Å². The maximum absolute atomic E-state index is 4.63. The van der Waals surface area contributed by atoms with Gasteiger partial charge in [-0.2, -0.15) is 0 Å². The molecule has 3 aromatic rings. The number of H-pyrrole nitrogens is 1. The number of rotatable bonds is 2. The van der Waals surface area contributed by atoms with Gasteiger partial charge in [0, 0.05) is 0 Å². The molecule has 1 aromatic heterocycles. The van der Waals surface area contributed by atoms with Crippen molar-refractivity contribution in [1.29, 1.82) is 0 Å². The van der Waals surface area contributed by atoms with E-state index in [9.17, 15) is 0 Å². The average molecular weight is 277 g/mol. The van der Waals surface area contributed by atoms with Crippen molar-refractivity contribution < 1.29 is 0 Å². The van der Waals surface area contributed by atoms with E-state index in [0.717, 1.165) is 23.4 Å². The monoisotopic (exact) mass is 277 g/mol. The average Bonchev–Trinajstić information content (AvgIpc) is 2.93. The third kappa shape index (κ3) is 2.19. The van der Waals surface area contributed by atoms with E-state index >= 15 is 0 Å². The van der Waals surface area contributed by atoms with Crippen LogP contribution in [-0.2, 0) is 0 Å². The number of fused-ring (bicyclic) bond motifs is 2. The van der Waals surface area contributed by atoms with E-state index in [4.69, 9.17) is 0 Å². The van der Waals surface area contributed by atoms with Crippen LogP contribution in [-0.4, -0.2) is 9.97 Å². The second-order valence-corrected chi connectivity index (χ2v) is 5.91. The number of imidazole rings is 1. The summed E-state index contributed by atoms with van der Waals surface area (Å²) in [6, 6.07) is 17.3. The summed E-state index contributed by atoms with van der Waals surface area (Å²) >= 11 is 0. The summed E-state index contributed by atoms with van der Waals surface area (Å²) in [7, 11) is 0. The van der Waals surface area contributed by atoms with Crippen molar-refractivity contribution in [1.82, 2.24) is 9.97 Å². The molecule has 0 spiro atoms. The van der Waals surface area contributed by atoms with Gasteiger partial charge in [-0.1, -0.05) is 43.3 Å². The van der Waals surface area contributed by atoms with Crippen molar-refractivity contribution in [3.63, 3.8) is 0 Å². The summed E-state index contributed by atoms with van der Waals surface area (Å²) in [5.41, 5.74) is 4.98. The first-order valence-corrected chi connectivity index (χ1v) is 7.61. The minimum atomic E-state index is 0.345. The standard InChI is InChI=1S/C18H19N3/c1-12-10-11-15(14-7-3-2-6-13(12)14)19-18-20-16-8-4-5-9-17(16)21-18/h2-9,12,15H,10-11H2,1H3,(H2,19,20,21)/t12-,15-/m0/s1. The summed E-state index contributed by atoms with van der Waals surface area (Å²) in [5, 5.41) is 3.58. The topological polar surface area (TPSA) is 40.7 Å². The van der Waals surface area contributed by atoms with Crippen LogP contribution in [0.3, 0.4) is 0 Å². The number of nitrogens with zero attached hydrogens (tertiary/aromatic N) is 1. The van der Waals surface area contributed by atoms with E-state index in [1.807, 2.05) is 18.2 Å². The van der Waals surface area contributed by atoms with Crippen molar-refractivity contribution >= 4 is 17.0 Å². The molecular formula is C18H19N3. The molecule has 1 aliphatic rings. The molecule has 0 unspecified atom stereocenters. The number of para-hydroxylation sites is 2. The van der Waals surface area contributed by atoms with E-state index in [2.05, 4.69) is 52.5 Å². The van der Waals surface area contributed by atoms with Crippen LogP contribution in [0.5, 0.6) is 0 Å². The highest BCUT2D eigenvalue weighted by Crippen LogP contribution is 2.38. The predicted octanol–water partition coefficient (Wildman–Crippen LogP) is 4.61. The fourth-order valence-corrected chi connectivity index (χ4v) is 3.34. The molecule has 4 rings (SSSR count). The molecule has 2 atom stereocenters. The Morgan fingerprint density at radius 3 is 2.62 bits per heavy atom. The zero-order valence-electron chi connectivity index (χ0n) is 12.1. The molecular weight excluding hydrogens is 258 g/mol. The van der Waals surface area contributed by atoms with Gasteiger partial charge in [0.1, 0.15) is 0 Å². The zero-order valence-corrected chi connectivity index (χ0v) is 12.1. The van der Waals surface area contributed by atoms with Crippen LogP contribution in [0.2, 0.25) is 0 Å². The van der Waals surface area contributed by atoms with Gasteiger partial charge in [0.25, 0.3) is 0 Å². The Hall–Kier alpha value is -2.29. The highest BCUT2D eigenvalue weighted by Gasteiger charge is 2.24. The quantitative estimate of drug-likeness (QED) is 0.718. The molecule has 0 fully saturated rings. The SMILES string of the molecule is C[C@H]1CC[C@H](Nc2nc3ccccc3[nH]2)c2ccccc21. The lowest BCUT2D eigenvalue weighted by molar-refractivity contribution is 0.533. The molecule has 1 heterocycles. The maximum Gasteiger partial charge on any atom is 0.201 e. The van der Waals surface area contributed by atoms with Gasteiger partial charge in [-0.15, -0.1) is 0 Å². The summed E-state index contributed by atoms with van der Waals surface area (Å²) in [5.74, 6) is 1.51. The summed E-state index contributed by atoms with van der Waals surface area (Å²) in [6.07, 6.45) is 2.37. The molecule has 2 N–H and O–H groups in total. The maximum atomic E-state index is 4.63. The summed E-state index contributed by atoms with van der Waals surface area (Å²) in [6.45, 7) is 2.32. The lowest BCUT2D eigenvalue weighted by atomic mass is 9.81. The van der Waals surface area contributed by atoms with E-state index < -0.39 is 0 Å². The van der Waals surface area contributed by atoms with Crippen molar-refractivity contribution in [2.45, 2.75) is 31.7 Å². The van der Waals surface area contributed by atoms with Crippen LogP contribution >= 0.6 is 0 Å². The molecule has 0 saturated heterocycles. The molecule has 3 nitrogen and oxygen atoms in total. The van der Waals surface area contributed by atoms with Crippen molar-refractivity contribution in [3.8, 4) is 0 Å².